The van der Waals surface area contributed by atoms with Gasteiger partial charge in [-0.2, -0.15) is 0 Å². The molecule has 1 aliphatic heterocycles. The maximum Gasteiger partial charge on any atom is 0.407 e. The van der Waals surface area contributed by atoms with Crippen LogP contribution in [0, 0.1) is 0 Å². The average Bonchev–Trinajstić information content (AvgIpc) is 2.57. The van der Waals surface area contributed by atoms with Gasteiger partial charge in [-0.15, -0.1) is 0 Å². The smallest absolute Gasteiger partial charge is 0.407 e. The number of benzene rings is 1. The SMILES string of the molecule is CC(C)(C)OC(=O)NCCc1ccc(NC(=O)CN2CCC(F)CC2)cc1. The molecule has 1 heterocycles. The largest absolute Gasteiger partial charge is 0.444 e. The number of rotatable bonds is 6. The number of ether oxygens (including phenoxy) is 1. The summed E-state index contributed by atoms with van der Waals surface area (Å²) in [5.74, 6) is -0.0911. The van der Waals surface area contributed by atoms with E-state index in [0.29, 0.717) is 38.9 Å². The van der Waals surface area contributed by atoms with Gasteiger partial charge in [-0.05, 0) is 57.7 Å². The summed E-state index contributed by atoms with van der Waals surface area (Å²) in [6.07, 6.45) is 0.509. The fourth-order valence-electron chi connectivity index (χ4n) is 2.84. The summed E-state index contributed by atoms with van der Waals surface area (Å²) < 4.78 is 18.3. The number of alkyl carbamates (subject to hydrolysis) is 1. The Bertz CT molecular complexity index is 620. The Morgan fingerprint density at radius 2 is 1.81 bits per heavy atom. The molecule has 7 heteroatoms. The van der Waals surface area contributed by atoms with Gasteiger partial charge in [0, 0.05) is 25.3 Å². The first-order valence-corrected chi connectivity index (χ1v) is 9.43. The Kier molecular flexibility index (Phi) is 7.59. The van der Waals surface area contributed by atoms with Crippen LogP contribution in [0.25, 0.3) is 0 Å². The van der Waals surface area contributed by atoms with Gasteiger partial charge in [0.15, 0.2) is 0 Å². The van der Waals surface area contributed by atoms with Crippen molar-refractivity contribution in [2.45, 2.75) is 51.8 Å². The molecule has 1 aromatic carbocycles. The normalized spacial score (nSPS) is 16.0. The molecule has 0 saturated carbocycles. The van der Waals surface area contributed by atoms with Gasteiger partial charge in [0.25, 0.3) is 0 Å². The maximum absolute atomic E-state index is 13.1. The molecule has 2 N–H and O–H groups in total. The molecule has 1 aromatic rings. The van der Waals surface area contributed by atoms with Gasteiger partial charge in [-0.25, -0.2) is 9.18 Å². The van der Waals surface area contributed by atoms with E-state index in [1.807, 2.05) is 49.9 Å². The Morgan fingerprint density at radius 1 is 1.19 bits per heavy atom. The molecule has 2 amide bonds. The van der Waals surface area contributed by atoms with Crippen molar-refractivity contribution < 1.29 is 18.7 Å². The van der Waals surface area contributed by atoms with Gasteiger partial charge in [0.1, 0.15) is 11.8 Å². The van der Waals surface area contributed by atoms with Gasteiger partial charge < -0.3 is 15.4 Å². The second-order valence-corrected chi connectivity index (χ2v) is 7.87. The van der Waals surface area contributed by atoms with Crippen LogP contribution in [-0.4, -0.2) is 54.9 Å². The number of carbonyl (C=O) groups is 2. The summed E-state index contributed by atoms with van der Waals surface area (Å²) in [6, 6.07) is 7.52. The lowest BCUT2D eigenvalue weighted by molar-refractivity contribution is -0.117. The minimum Gasteiger partial charge on any atom is -0.444 e. The number of halogens is 1. The number of hydrogen-bond donors (Lipinski definition) is 2. The summed E-state index contributed by atoms with van der Waals surface area (Å²) >= 11 is 0. The zero-order chi connectivity index (χ0) is 19.9. The first kappa shape index (κ1) is 21.2. The number of anilines is 1. The van der Waals surface area contributed by atoms with Crippen molar-refractivity contribution in [2.75, 3.05) is 31.5 Å². The third-order valence-electron chi connectivity index (χ3n) is 4.20. The Labute approximate surface area is 160 Å². The molecule has 0 radical (unpaired) electrons. The van der Waals surface area contributed by atoms with Crippen LogP contribution in [0.1, 0.15) is 39.2 Å². The highest BCUT2D eigenvalue weighted by Gasteiger charge is 2.20. The van der Waals surface area contributed by atoms with Crippen molar-refractivity contribution in [2.24, 2.45) is 0 Å². The highest BCUT2D eigenvalue weighted by atomic mass is 19.1. The molecule has 0 unspecified atom stereocenters. The number of alkyl halides is 1. The molecule has 6 nitrogen and oxygen atoms in total. The lowest BCUT2D eigenvalue weighted by Crippen LogP contribution is -2.39. The molecule has 27 heavy (non-hydrogen) atoms. The van der Waals surface area contributed by atoms with E-state index < -0.39 is 17.9 Å². The third-order valence-corrected chi connectivity index (χ3v) is 4.20. The van der Waals surface area contributed by atoms with E-state index in [2.05, 4.69) is 10.6 Å². The third kappa shape index (κ3) is 8.39. The van der Waals surface area contributed by atoms with E-state index in [4.69, 9.17) is 4.74 Å². The predicted octanol–water partition coefficient (Wildman–Crippen LogP) is 3.13. The van der Waals surface area contributed by atoms with Crippen molar-refractivity contribution in [1.29, 1.82) is 0 Å². The van der Waals surface area contributed by atoms with Gasteiger partial charge in [0.05, 0.1) is 6.54 Å². The number of amides is 2. The van der Waals surface area contributed by atoms with Crippen LogP contribution in [0.15, 0.2) is 24.3 Å². The summed E-state index contributed by atoms with van der Waals surface area (Å²) in [4.78, 5) is 25.7. The molecule has 0 atom stereocenters. The van der Waals surface area contributed by atoms with Crippen LogP contribution in [0.3, 0.4) is 0 Å². The summed E-state index contributed by atoms with van der Waals surface area (Å²) in [7, 11) is 0. The minimum atomic E-state index is -0.735. The number of piperidine rings is 1. The van der Waals surface area contributed by atoms with Gasteiger partial charge in [-0.1, -0.05) is 12.1 Å². The van der Waals surface area contributed by atoms with Crippen LogP contribution in [-0.2, 0) is 16.0 Å². The van der Waals surface area contributed by atoms with Crippen LogP contribution >= 0.6 is 0 Å². The molecule has 0 aromatic heterocycles. The molecule has 1 fully saturated rings. The molecule has 0 spiro atoms. The van der Waals surface area contributed by atoms with Crippen LogP contribution in [0.4, 0.5) is 14.9 Å². The quantitative estimate of drug-likeness (QED) is 0.797. The summed E-state index contributed by atoms with van der Waals surface area (Å²) in [5, 5.41) is 5.58. The highest BCUT2D eigenvalue weighted by molar-refractivity contribution is 5.92. The zero-order valence-electron chi connectivity index (χ0n) is 16.4. The molecule has 1 aliphatic rings. The molecule has 0 bridgehead atoms. The Hall–Kier alpha value is -2.15. The second kappa shape index (κ2) is 9.69. The molecule has 2 rings (SSSR count). The van der Waals surface area contributed by atoms with Crippen molar-refractivity contribution >= 4 is 17.7 Å². The minimum absolute atomic E-state index is 0.0911. The van der Waals surface area contributed by atoms with Crippen molar-refractivity contribution in [3.63, 3.8) is 0 Å². The number of hydrogen-bond acceptors (Lipinski definition) is 4. The summed E-state index contributed by atoms with van der Waals surface area (Å²) in [5.41, 5.74) is 1.27. The second-order valence-electron chi connectivity index (χ2n) is 7.87. The number of nitrogens with one attached hydrogen (secondary N) is 2. The van der Waals surface area contributed by atoms with Crippen LogP contribution in [0.5, 0.6) is 0 Å². The topological polar surface area (TPSA) is 70.7 Å². The molecular formula is C20H30FN3O3. The summed E-state index contributed by atoms with van der Waals surface area (Å²) in [6.45, 7) is 7.48. The lowest BCUT2D eigenvalue weighted by atomic mass is 10.1. The van der Waals surface area contributed by atoms with Gasteiger partial charge in [-0.3, -0.25) is 9.69 Å². The number of carbonyl (C=O) groups excluding carboxylic acids is 2. The zero-order valence-corrected chi connectivity index (χ0v) is 16.4. The maximum atomic E-state index is 13.1. The van der Waals surface area contributed by atoms with Gasteiger partial charge in [0.2, 0.25) is 5.91 Å². The van der Waals surface area contributed by atoms with E-state index in [-0.39, 0.29) is 12.5 Å². The predicted molar refractivity (Wildman–Crippen MR) is 104 cm³/mol. The van der Waals surface area contributed by atoms with E-state index in [1.165, 1.54) is 0 Å². The molecular weight excluding hydrogens is 349 g/mol. The molecule has 0 aliphatic carbocycles. The number of likely N-dealkylation sites (tertiary alicyclic amines) is 1. The van der Waals surface area contributed by atoms with E-state index in [0.717, 1.165) is 11.3 Å². The monoisotopic (exact) mass is 379 g/mol. The van der Waals surface area contributed by atoms with Crippen molar-refractivity contribution in [3.05, 3.63) is 29.8 Å². The van der Waals surface area contributed by atoms with E-state index >= 15 is 0 Å². The van der Waals surface area contributed by atoms with E-state index in [1.54, 1.807) is 0 Å². The van der Waals surface area contributed by atoms with Crippen molar-refractivity contribution in [1.82, 2.24) is 10.2 Å². The first-order chi connectivity index (χ1) is 12.7. The number of nitrogens with zero attached hydrogens (tertiary/aromatic N) is 1. The highest BCUT2D eigenvalue weighted by Crippen LogP contribution is 2.14. The Balaban J connectivity index is 1.70. The Morgan fingerprint density at radius 3 is 2.41 bits per heavy atom. The lowest BCUT2D eigenvalue weighted by Gasteiger charge is -2.27. The van der Waals surface area contributed by atoms with Crippen LogP contribution in [0.2, 0.25) is 0 Å². The standard InChI is InChI=1S/C20H30FN3O3/c1-20(2,3)27-19(26)22-11-8-15-4-6-17(7-5-15)23-18(25)14-24-12-9-16(21)10-13-24/h4-7,16H,8-14H2,1-3H3,(H,22,26)(H,23,25). The average molecular weight is 379 g/mol. The molecule has 150 valence electrons. The fraction of sp³-hybridized carbons (Fsp3) is 0.600. The van der Waals surface area contributed by atoms with Gasteiger partial charge >= 0.3 is 6.09 Å². The fourth-order valence-corrected chi connectivity index (χ4v) is 2.84. The van der Waals surface area contributed by atoms with E-state index in [9.17, 15) is 14.0 Å². The van der Waals surface area contributed by atoms with Crippen LogP contribution < -0.4 is 10.6 Å². The van der Waals surface area contributed by atoms with Crippen molar-refractivity contribution in [3.8, 4) is 0 Å². The molecule has 1 saturated heterocycles. The first-order valence-electron chi connectivity index (χ1n) is 9.43.